The topological polar surface area (TPSA) is 58.6 Å². The second-order valence-electron chi connectivity index (χ2n) is 5.87. The molecule has 0 atom stereocenters. The first kappa shape index (κ1) is 19.0. The van der Waals surface area contributed by atoms with Crippen molar-refractivity contribution in [1.29, 1.82) is 0 Å². The van der Waals surface area contributed by atoms with Crippen LogP contribution in [0.1, 0.15) is 21.5 Å². The number of benzene rings is 2. The van der Waals surface area contributed by atoms with Crippen molar-refractivity contribution >= 4 is 29.2 Å². The van der Waals surface area contributed by atoms with E-state index in [-0.39, 0.29) is 12.5 Å². The van der Waals surface area contributed by atoms with Crippen molar-refractivity contribution in [2.24, 2.45) is 0 Å². The van der Waals surface area contributed by atoms with Crippen molar-refractivity contribution in [2.45, 2.75) is 13.5 Å². The minimum absolute atomic E-state index is 0.151. The zero-order valence-electron chi connectivity index (χ0n) is 14.5. The van der Waals surface area contributed by atoms with Crippen LogP contribution in [0, 0.1) is 6.92 Å². The van der Waals surface area contributed by atoms with Gasteiger partial charge in [-0.05, 0) is 49.4 Å². The zero-order chi connectivity index (χ0) is 18.4. The van der Waals surface area contributed by atoms with Gasteiger partial charge in [0, 0.05) is 17.3 Å². The number of rotatable bonds is 6. The van der Waals surface area contributed by atoms with Gasteiger partial charge in [0.25, 0.3) is 0 Å². The molecule has 1 amide bonds. The number of carbonyl (C=O) groups is 2. The lowest BCUT2D eigenvalue weighted by Gasteiger charge is -2.17. The van der Waals surface area contributed by atoms with E-state index in [0.29, 0.717) is 22.8 Å². The predicted octanol–water partition coefficient (Wildman–Crippen LogP) is 3.51. The fourth-order valence-corrected chi connectivity index (χ4v) is 2.52. The van der Waals surface area contributed by atoms with Crippen molar-refractivity contribution in [3.05, 3.63) is 64.2 Å². The van der Waals surface area contributed by atoms with Crippen LogP contribution >= 0.6 is 11.6 Å². The number of hydrogen-bond donors (Lipinski definition) is 1. The van der Waals surface area contributed by atoms with Gasteiger partial charge in [0.1, 0.15) is 0 Å². The van der Waals surface area contributed by atoms with Gasteiger partial charge in [-0.25, -0.2) is 4.79 Å². The summed E-state index contributed by atoms with van der Waals surface area (Å²) in [5.74, 6) is -0.586. The summed E-state index contributed by atoms with van der Waals surface area (Å²) in [5, 5.41) is 3.53. The number of halogens is 1. The molecule has 6 heteroatoms. The molecule has 5 nitrogen and oxygen atoms in total. The van der Waals surface area contributed by atoms with Crippen LogP contribution in [-0.4, -0.2) is 37.5 Å². The average molecular weight is 361 g/mol. The Morgan fingerprint density at radius 2 is 1.84 bits per heavy atom. The third-order valence-corrected chi connectivity index (χ3v) is 3.96. The molecule has 0 fully saturated rings. The molecule has 0 saturated heterocycles. The summed E-state index contributed by atoms with van der Waals surface area (Å²) in [6.07, 6.45) is 0. The van der Waals surface area contributed by atoms with E-state index in [1.807, 2.05) is 43.1 Å². The normalized spacial score (nSPS) is 10.6. The van der Waals surface area contributed by atoms with Gasteiger partial charge in [-0.2, -0.15) is 0 Å². The minimum atomic E-state index is -0.435. The number of amides is 1. The number of hydrogen-bond acceptors (Lipinski definition) is 4. The lowest BCUT2D eigenvalue weighted by atomic mass is 10.1. The lowest BCUT2D eigenvalue weighted by molar-refractivity contribution is -0.117. The first-order chi connectivity index (χ1) is 11.9. The Bertz CT molecular complexity index is 760. The lowest BCUT2D eigenvalue weighted by Crippen LogP contribution is -2.30. The minimum Gasteiger partial charge on any atom is -0.465 e. The summed E-state index contributed by atoms with van der Waals surface area (Å²) in [7, 11) is 3.19. The molecule has 0 unspecified atom stereocenters. The van der Waals surface area contributed by atoms with E-state index in [1.165, 1.54) is 7.11 Å². The van der Waals surface area contributed by atoms with Crippen LogP contribution in [0.25, 0.3) is 0 Å². The first-order valence-corrected chi connectivity index (χ1v) is 8.18. The van der Waals surface area contributed by atoms with E-state index >= 15 is 0 Å². The molecule has 0 heterocycles. The quantitative estimate of drug-likeness (QED) is 0.801. The van der Waals surface area contributed by atoms with Gasteiger partial charge in [0.05, 0.1) is 19.2 Å². The van der Waals surface area contributed by atoms with Gasteiger partial charge in [-0.3, -0.25) is 9.69 Å². The molecule has 0 aliphatic rings. The third kappa shape index (κ3) is 5.59. The van der Waals surface area contributed by atoms with E-state index in [4.69, 9.17) is 16.3 Å². The molecular weight excluding hydrogens is 340 g/mol. The first-order valence-electron chi connectivity index (χ1n) is 7.81. The van der Waals surface area contributed by atoms with Gasteiger partial charge < -0.3 is 10.1 Å². The fraction of sp³-hybridized carbons (Fsp3) is 0.263. The van der Waals surface area contributed by atoms with Crippen LogP contribution in [0.15, 0.2) is 42.5 Å². The number of nitrogens with zero attached hydrogens (tertiary/aromatic N) is 1. The Balaban J connectivity index is 1.97. The SMILES string of the molecule is COC(=O)c1ccc(C)c(NC(=O)CN(C)Cc2ccc(Cl)cc2)c1. The van der Waals surface area contributed by atoms with E-state index in [9.17, 15) is 9.59 Å². The van der Waals surface area contributed by atoms with Crippen molar-refractivity contribution in [2.75, 3.05) is 26.0 Å². The van der Waals surface area contributed by atoms with Crippen LogP contribution in [0.2, 0.25) is 5.02 Å². The van der Waals surface area contributed by atoms with Crippen LogP contribution in [0.3, 0.4) is 0 Å². The van der Waals surface area contributed by atoms with Gasteiger partial charge >= 0.3 is 5.97 Å². The molecule has 2 aromatic carbocycles. The Morgan fingerprint density at radius 1 is 1.16 bits per heavy atom. The van der Waals surface area contributed by atoms with E-state index < -0.39 is 5.97 Å². The maximum atomic E-state index is 12.3. The highest BCUT2D eigenvalue weighted by atomic mass is 35.5. The zero-order valence-corrected chi connectivity index (χ0v) is 15.3. The second kappa shape index (κ2) is 8.65. The van der Waals surface area contributed by atoms with E-state index in [0.717, 1.165) is 11.1 Å². The summed E-state index contributed by atoms with van der Waals surface area (Å²) in [6.45, 7) is 2.73. The predicted molar refractivity (Wildman–Crippen MR) is 98.9 cm³/mol. The molecule has 0 aromatic heterocycles. The van der Waals surface area contributed by atoms with Crippen molar-refractivity contribution in [3.63, 3.8) is 0 Å². The summed E-state index contributed by atoms with van der Waals surface area (Å²) in [4.78, 5) is 25.8. The molecule has 25 heavy (non-hydrogen) atoms. The van der Waals surface area contributed by atoms with Crippen LogP contribution in [0.5, 0.6) is 0 Å². The molecule has 0 aliphatic carbocycles. The highest BCUT2D eigenvalue weighted by Crippen LogP contribution is 2.18. The Labute approximate surface area is 152 Å². The molecule has 2 rings (SSSR count). The summed E-state index contributed by atoms with van der Waals surface area (Å²) in [5.41, 5.74) is 2.95. The van der Waals surface area contributed by atoms with Gasteiger partial charge in [-0.15, -0.1) is 0 Å². The molecule has 0 bridgehead atoms. The van der Waals surface area contributed by atoms with Crippen LogP contribution in [-0.2, 0) is 16.1 Å². The molecule has 0 saturated carbocycles. The molecule has 2 aromatic rings. The van der Waals surface area contributed by atoms with Crippen molar-refractivity contribution in [1.82, 2.24) is 4.90 Å². The van der Waals surface area contributed by atoms with Gasteiger partial charge in [-0.1, -0.05) is 29.8 Å². The number of carbonyl (C=O) groups excluding carboxylic acids is 2. The molecule has 1 N–H and O–H groups in total. The number of esters is 1. The Hall–Kier alpha value is -2.37. The molecule has 0 radical (unpaired) electrons. The van der Waals surface area contributed by atoms with Gasteiger partial charge in [0.2, 0.25) is 5.91 Å². The van der Waals surface area contributed by atoms with Gasteiger partial charge in [0.15, 0.2) is 0 Å². The molecule has 0 spiro atoms. The number of nitrogens with one attached hydrogen (secondary N) is 1. The van der Waals surface area contributed by atoms with E-state index in [2.05, 4.69) is 5.32 Å². The maximum absolute atomic E-state index is 12.3. The smallest absolute Gasteiger partial charge is 0.337 e. The monoisotopic (exact) mass is 360 g/mol. The number of likely N-dealkylation sites (N-methyl/N-ethyl adjacent to an activating group) is 1. The number of anilines is 1. The Kier molecular flexibility index (Phi) is 6.56. The third-order valence-electron chi connectivity index (χ3n) is 3.71. The number of aryl methyl sites for hydroxylation is 1. The second-order valence-corrected chi connectivity index (χ2v) is 6.30. The summed E-state index contributed by atoms with van der Waals surface area (Å²) < 4.78 is 4.71. The van der Waals surface area contributed by atoms with E-state index in [1.54, 1.807) is 18.2 Å². The maximum Gasteiger partial charge on any atom is 0.337 e. The largest absolute Gasteiger partial charge is 0.465 e. The van der Waals surface area contributed by atoms with Crippen LogP contribution in [0.4, 0.5) is 5.69 Å². The molecule has 0 aliphatic heterocycles. The highest BCUT2D eigenvalue weighted by molar-refractivity contribution is 6.30. The molecular formula is C19H21ClN2O3. The fourth-order valence-electron chi connectivity index (χ4n) is 2.39. The van der Waals surface area contributed by atoms with Crippen molar-refractivity contribution in [3.8, 4) is 0 Å². The summed E-state index contributed by atoms with van der Waals surface area (Å²) in [6, 6.07) is 12.6. The summed E-state index contributed by atoms with van der Waals surface area (Å²) >= 11 is 5.87. The highest BCUT2D eigenvalue weighted by Gasteiger charge is 2.12. The number of ether oxygens (including phenoxy) is 1. The van der Waals surface area contributed by atoms with Crippen LogP contribution < -0.4 is 5.32 Å². The van der Waals surface area contributed by atoms with Crippen molar-refractivity contribution < 1.29 is 14.3 Å². The Morgan fingerprint density at radius 3 is 2.48 bits per heavy atom. The average Bonchev–Trinajstić information content (AvgIpc) is 2.58. The molecule has 132 valence electrons. The number of methoxy groups -OCH3 is 1. The standard InChI is InChI=1S/C19H21ClN2O3/c1-13-4-7-15(19(24)25-3)10-17(13)21-18(23)12-22(2)11-14-5-8-16(20)9-6-14/h4-10H,11-12H2,1-3H3,(H,21,23).